The van der Waals surface area contributed by atoms with Crippen molar-refractivity contribution in [2.75, 3.05) is 12.0 Å². The second-order valence-electron chi connectivity index (χ2n) is 12.3. The minimum absolute atomic E-state index is 0.0573. The summed E-state index contributed by atoms with van der Waals surface area (Å²) in [6.45, 7) is 0.298. The van der Waals surface area contributed by atoms with Crippen molar-refractivity contribution in [1.29, 1.82) is 0 Å². The van der Waals surface area contributed by atoms with Crippen LogP contribution in [0.2, 0.25) is 5.02 Å². The zero-order chi connectivity index (χ0) is 32.8. The molecule has 5 unspecified atom stereocenters. The number of aromatic amines is 1. The molecule has 2 bridgehead atoms. The lowest BCUT2D eigenvalue weighted by Gasteiger charge is -2.43. The van der Waals surface area contributed by atoms with Crippen molar-refractivity contribution >= 4 is 52.2 Å². The third-order valence-electron chi connectivity index (χ3n) is 10.0. The predicted molar refractivity (Wildman–Crippen MR) is 171 cm³/mol. The van der Waals surface area contributed by atoms with Gasteiger partial charge in [-0.15, -0.1) is 11.8 Å². The van der Waals surface area contributed by atoms with Crippen molar-refractivity contribution in [3.63, 3.8) is 0 Å². The molecule has 3 fully saturated rings. The summed E-state index contributed by atoms with van der Waals surface area (Å²) in [4.78, 5) is 45.1. The number of amides is 2. The number of methoxy groups -OCH3 is 1. The number of carbonyl (C=O) groups is 2. The maximum absolute atomic E-state index is 14.0. The maximum atomic E-state index is 14.0. The van der Waals surface area contributed by atoms with Gasteiger partial charge in [0, 0.05) is 21.1 Å². The average Bonchev–Trinajstić information content (AvgIpc) is 3.79. The van der Waals surface area contributed by atoms with E-state index >= 15 is 0 Å². The van der Waals surface area contributed by atoms with Crippen LogP contribution in [0.3, 0.4) is 0 Å². The number of hydrogen-bond donors (Lipinski definition) is 1. The first-order valence-electron chi connectivity index (χ1n) is 15.0. The normalized spacial score (nSPS) is 27.5. The summed E-state index contributed by atoms with van der Waals surface area (Å²) >= 11 is 8.69. The Hall–Kier alpha value is -3.74. The van der Waals surface area contributed by atoms with Crippen LogP contribution in [-0.2, 0) is 22.4 Å². The van der Waals surface area contributed by atoms with Crippen molar-refractivity contribution in [3.8, 4) is 11.5 Å². The number of hydrogen-bond acceptors (Lipinski definition) is 7. The number of nitrogens with zero attached hydrogens (tertiary/aromatic N) is 1. The molecule has 4 aromatic rings. The largest absolute Gasteiger partial charge is 0.493 e. The Morgan fingerprint density at radius 3 is 2.43 bits per heavy atom. The minimum atomic E-state index is -4.61. The number of nitrogens with one attached hydrogen (secondary N) is 1. The molecule has 7 nitrogen and oxygen atoms in total. The lowest BCUT2D eigenvalue weighted by Crippen LogP contribution is -2.42. The van der Waals surface area contributed by atoms with Gasteiger partial charge < -0.3 is 14.5 Å². The van der Waals surface area contributed by atoms with E-state index in [1.807, 2.05) is 30.3 Å². The molecule has 47 heavy (non-hydrogen) atoms. The number of fused-ring (bicyclic) bond motifs is 9. The molecule has 3 heterocycles. The Labute approximate surface area is 280 Å². The first kappa shape index (κ1) is 30.6. The van der Waals surface area contributed by atoms with Crippen molar-refractivity contribution in [2.45, 2.75) is 35.4 Å². The molecule has 1 aromatic heterocycles. The summed E-state index contributed by atoms with van der Waals surface area (Å²) in [5.41, 5.74) is 0.852. The number of carbonyl (C=O) groups excluding carboxylic acids is 2. The molecule has 4 aliphatic rings. The summed E-state index contributed by atoms with van der Waals surface area (Å²) in [5, 5.41) is 1.31. The second-order valence-corrected chi connectivity index (χ2v) is 15.0. The number of aromatic nitrogens is 1. The second kappa shape index (κ2) is 11.2. The third-order valence-corrected chi connectivity index (χ3v) is 12.9. The Kier molecular flexibility index (Phi) is 7.27. The lowest BCUT2D eigenvalue weighted by molar-refractivity contribution is -0.137. The molecular weight excluding hydrogens is 673 g/mol. The van der Waals surface area contributed by atoms with Crippen LogP contribution in [0.1, 0.15) is 33.9 Å². The Morgan fingerprint density at radius 1 is 0.957 bits per heavy atom. The maximum Gasteiger partial charge on any atom is 0.416 e. The SMILES string of the molecule is COc1cc(C2c3sc(=O)[nH]c3SC3C2[C@H]2C[C@@H]3C3C(=O)N(c4cccc(C(F)(F)F)c4)C(=O)C32)ccc1OCc1ccc(Cl)cc1. The lowest BCUT2D eigenvalue weighted by atomic mass is 9.68. The van der Waals surface area contributed by atoms with E-state index in [0.717, 1.165) is 49.4 Å². The van der Waals surface area contributed by atoms with Gasteiger partial charge in [0.2, 0.25) is 11.8 Å². The number of benzene rings is 3. The highest BCUT2D eigenvalue weighted by atomic mass is 35.5. The quantitative estimate of drug-likeness (QED) is 0.212. The zero-order valence-electron chi connectivity index (χ0n) is 24.6. The van der Waals surface area contributed by atoms with E-state index < -0.39 is 35.4 Å². The average molecular weight is 699 g/mol. The molecule has 0 spiro atoms. The molecule has 242 valence electrons. The molecule has 1 N–H and O–H groups in total. The monoisotopic (exact) mass is 698 g/mol. The Bertz CT molecular complexity index is 1980. The molecule has 3 aromatic carbocycles. The van der Waals surface area contributed by atoms with E-state index in [1.54, 1.807) is 31.0 Å². The molecule has 2 aliphatic heterocycles. The Morgan fingerprint density at radius 2 is 1.70 bits per heavy atom. The van der Waals surface area contributed by atoms with Gasteiger partial charge in [0.1, 0.15) is 6.61 Å². The predicted octanol–water partition coefficient (Wildman–Crippen LogP) is 7.37. The van der Waals surface area contributed by atoms with E-state index in [9.17, 15) is 27.6 Å². The number of anilines is 1. The summed E-state index contributed by atoms with van der Waals surface area (Å²) in [7, 11) is 1.56. The summed E-state index contributed by atoms with van der Waals surface area (Å²) in [5.74, 6) is -1.84. The van der Waals surface area contributed by atoms with Gasteiger partial charge in [-0.2, -0.15) is 13.2 Å². The van der Waals surface area contributed by atoms with Gasteiger partial charge in [-0.1, -0.05) is 47.2 Å². The number of imide groups is 1. The van der Waals surface area contributed by atoms with Crippen molar-refractivity contribution in [3.05, 3.63) is 103 Å². The summed E-state index contributed by atoms with van der Waals surface area (Å²) in [6, 6.07) is 17.4. The number of thiazole rings is 1. The van der Waals surface area contributed by atoms with Gasteiger partial charge in [-0.3, -0.25) is 19.3 Å². The van der Waals surface area contributed by atoms with Crippen LogP contribution in [0.4, 0.5) is 18.9 Å². The van der Waals surface area contributed by atoms with Gasteiger partial charge in [-0.05, 0) is 77.8 Å². The molecule has 2 saturated carbocycles. The Balaban J connectivity index is 1.14. The van der Waals surface area contributed by atoms with Crippen molar-refractivity contribution in [1.82, 2.24) is 4.98 Å². The number of H-pyrrole nitrogens is 1. The first-order chi connectivity index (χ1) is 22.5. The smallest absolute Gasteiger partial charge is 0.416 e. The van der Waals surface area contributed by atoms with E-state index in [1.165, 1.54) is 12.1 Å². The number of rotatable bonds is 6. The van der Waals surface area contributed by atoms with Gasteiger partial charge in [0.15, 0.2) is 11.5 Å². The molecule has 7 atom stereocenters. The van der Waals surface area contributed by atoms with Crippen LogP contribution in [-0.4, -0.2) is 29.2 Å². The molecule has 13 heteroatoms. The number of halogens is 4. The topological polar surface area (TPSA) is 88.7 Å². The van der Waals surface area contributed by atoms with Crippen molar-refractivity contribution < 1.29 is 32.2 Å². The van der Waals surface area contributed by atoms with Crippen LogP contribution in [0.5, 0.6) is 11.5 Å². The minimum Gasteiger partial charge on any atom is -0.493 e. The fourth-order valence-electron chi connectivity index (χ4n) is 8.20. The van der Waals surface area contributed by atoms with Crippen LogP contribution < -0.4 is 19.2 Å². The molecular formula is C34H26ClF3N2O5S2. The fraction of sp³-hybridized carbons (Fsp3) is 0.324. The standard InChI is InChI=1S/C34H26ClF3N2O5S2/c1-44-23-11-16(7-10-22(23)45-14-15-5-8-18(35)9-6-15)24-25-20-13-21(28(25)46-30-29(24)47-33(43)39-30)27-26(20)31(41)40(32(27)42)19-4-2-3-17(12-19)34(36,37)38/h2-12,20-21,24-28H,13-14H2,1H3,(H,39,43)/t20-,21-,24?,25?,26?,27?,28?/m1/s1. The highest BCUT2D eigenvalue weighted by Crippen LogP contribution is 2.69. The zero-order valence-corrected chi connectivity index (χ0v) is 27.0. The van der Waals surface area contributed by atoms with Gasteiger partial charge in [0.25, 0.3) is 0 Å². The first-order valence-corrected chi connectivity index (χ1v) is 17.1. The van der Waals surface area contributed by atoms with Gasteiger partial charge >= 0.3 is 11.0 Å². The third kappa shape index (κ3) is 4.90. The summed E-state index contributed by atoms with van der Waals surface area (Å²) < 4.78 is 52.4. The molecule has 1 saturated heterocycles. The molecule has 2 amide bonds. The number of thioether (sulfide) groups is 1. The van der Waals surface area contributed by atoms with Crippen LogP contribution >= 0.6 is 34.7 Å². The van der Waals surface area contributed by atoms with E-state index in [2.05, 4.69) is 4.98 Å². The van der Waals surface area contributed by atoms with E-state index in [-0.39, 0.29) is 39.5 Å². The van der Waals surface area contributed by atoms with Gasteiger partial charge in [-0.25, -0.2) is 0 Å². The van der Waals surface area contributed by atoms with Crippen molar-refractivity contribution in [2.24, 2.45) is 29.6 Å². The van der Waals surface area contributed by atoms with Gasteiger partial charge in [0.05, 0.1) is 35.2 Å². The number of alkyl halides is 3. The van der Waals surface area contributed by atoms with E-state index in [0.29, 0.717) is 29.5 Å². The number of ether oxygens (including phenoxy) is 2. The van der Waals surface area contributed by atoms with E-state index in [4.69, 9.17) is 21.1 Å². The molecule has 8 rings (SSSR count). The summed E-state index contributed by atoms with van der Waals surface area (Å²) in [6.07, 6.45) is -3.96. The van der Waals surface area contributed by atoms with Crippen LogP contribution in [0, 0.1) is 29.6 Å². The van der Waals surface area contributed by atoms with Crippen LogP contribution in [0.15, 0.2) is 76.6 Å². The highest BCUT2D eigenvalue weighted by molar-refractivity contribution is 8.00. The van der Waals surface area contributed by atoms with Crippen LogP contribution in [0.25, 0.3) is 0 Å². The fourth-order valence-corrected chi connectivity index (χ4v) is 11.2. The molecule has 2 aliphatic carbocycles. The molecule has 0 radical (unpaired) electrons. The highest BCUT2D eigenvalue weighted by Gasteiger charge is 2.69.